The molecule has 0 unspecified atom stereocenters. The fourth-order valence-electron chi connectivity index (χ4n) is 4.59. The molecule has 3 N–H and O–H groups in total. The fraction of sp³-hybridized carbons (Fsp3) is 0.500. The first-order valence-electron chi connectivity index (χ1n) is 14.0. The van der Waals surface area contributed by atoms with Crippen molar-refractivity contribution >= 4 is 29.2 Å². The number of pyridine rings is 1. The number of anilines is 1. The van der Waals surface area contributed by atoms with E-state index in [1.807, 2.05) is 19.1 Å². The Morgan fingerprint density at radius 1 is 1.11 bits per heavy atom. The van der Waals surface area contributed by atoms with Crippen LogP contribution in [0.25, 0.3) is 0 Å². The molecule has 1 aliphatic rings. The zero-order chi connectivity index (χ0) is 33.6. The third kappa shape index (κ3) is 8.17. The van der Waals surface area contributed by atoms with Gasteiger partial charge in [-0.15, -0.1) is 0 Å². The first kappa shape index (κ1) is 35.8. The second kappa shape index (κ2) is 14.4. The van der Waals surface area contributed by atoms with Crippen LogP contribution >= 0.6 is 0 Å². The summed E-state index contributed by atoms with van der Waals surface area (Å²) in [5.41, 5.74) is 3.46. The van der Waals surface area contributed by atoms with Gasteiger partial charge < -0.3 is 29.7 Å². The Bertz CT molecular complexity index is 1400. The van der Waals surface area contributed by atoms with Crippen molar-refractivity contribution in [2.75, 3.05) is 45.3 Å². The van der Waals surface area contributed by atoms with E-state index in [0.29, 0.717) is 30.2 Å². The second-order valence-corrected chi connectivity index (χ2v) is 10.8. The number of carboxylic acid groups (broad SMARTS) is 1. The van der Waals surface area contributed by atoms with Gasteiger partial charge in [0.2, 0.25) is 0 Å². The lowest BCUT2D eigenvalue weighted by atomic mass is 9.84. The minimum Gasteiger partial charge on any atom is -0.494 e. The van der Waals surface area contributed by atoms with E-state index in [1.165, 1.54) is 7.05 Å². The van der Waals surface area contributed by atoms with Crippen molar-refractivity contribution in [1.29, 1.82) is 5.41 Å². The van der Waals surface area contributed by atoms with E-state index in [1.54, 1.807) is 18.1 Å². The fourth-order valence-corrected chi connectivity index (χ4v) is 4.59. The van der Waals surface area contributed by atoms with Crippen molar-refractivity contribution in [3.05, 3.63) is 46.3 Å². The van der Waals surface area contributed by atoms with E-state index in [0.717, 1.165) is 35.7 Å². The van der Waals surface area contributed by atoms with Gasteiger partial charge in [0, 0.05) is 43.4 Å². The maximum atomic E-state index is 13.6. The van der Waals surface area contributed by atoms with E-state index in [9.17, 15) is 22.8 Å². The van der Waals surface area contributed by atoms with E-state index in [-0.39, 0.29) is 35.2 Å². The second-order valence-electron chi connectivity index (χ2n) is 10.8. The number of Topliss-reactive ketones (excluding diaryl/α,β-unsaturated/α-hetero) is 1. The topological polar surface area (TPSA) is 145 Å². The third-order valence-electron chi connectivity index (χ3n) is 6.79. The number of ketones is 1. The lowest BCUT2D eigenvalue weighted by Crippen LogP contribution is -2.31. The number of alkyl halides is 3. The van der Waals surface area contributed by atoms with Crippen LogP contribution in [0.1, 0.15) is 79.2 Å². The molecule has 1 amide bonds. The van der Waals surface area contributed by atoms with Crippen LogP contribution in [0.4, 0.5) is 18.9 Å². The van der Waals surface area contributed by atoms with Crippen molar-refractivity contribution in [2.45, 2.75) is 59.7 Å². The zero-order valence-corrected chi connectivity index (χ0v) is 26.2. The normalized spacial score (nSPS) is 12.6. The van der Waals surface area contributed by atoms with E-state index < -0.39 is 12.1 Å². The Morgan fingerprint density at radius 2 is 1.70 bits per heavy atom. The third-order valence-corrected chi connectivity index (χ3v) is 6.79. The van der Waals surface area contributed by atoms with Gasteiger partial charge in [-0.3, -0.25) is 15.0 Å². The summed E-state index contributed by atoms with van der Waals surface area (Å²) in [5.74, 6) is -1.97. The van der Waals surface area contributed by atoms with Crippen LogP contribution in [0.5, 0.6) is 11.5 Å². The van der Waals surface area contributed by atoms with Crippen LogP contribution in [0.2, 0.25) is 0 Å². The summed E-state index contributed by atoms with van der Waals surface area (Å²) in [7, 11) is 3.19. The number of nitrogens with zero attached hydrogens (tertiary/aromatic N) is 3. The lowest BCUT2D eigenvalue weighted by Gasteiger charge is -2.30. The number of carbonyl (C=O) groups is 3. The van der Waals surface area contributed by atoms with Crippen LogP contribution in [0.3, 0.4) is 0 Å². The minimum absolute atomic E-state index is 0.0159. The standard InChI is InChI=1S/C28H39N5O4.C2HF3O2/c1-9-32(10-2)20-13-17(12-19(25(20)36-8)28(4,5)6)21(34)16-33-15-18-14-22(37-11-3)24(27(35)30-7)31-23(18)26(33)29;3-2(4,5)1(6)7/h12-14,29H,9-11,15-16H2,1-8H3,(H,30,35);(H,6,7). The molecule has 0 atom stereocenters. The number of benzene rings is 1. The summed E-state index contributed by atoms with van der Waals surface area (Å²) < 4.78 is 43.2. The molecule has 0 bridgehead atoms. The summed E-state index contributed by atoms with van der Waals surface area (Å²) in [6, 6.07) is 5.56. The molecule has 3 rings (SSSR count). The van der Waals surface area contributed by atoms with Crippen molar-refractivity contribution in [1.82, 2.24) is 15.2 Å². The molecule has 1 aliphatic heterocycles. The molecular weight excluding hydrogens is 583 g/mol. The largest absolute Gasteiger partial charge is 0.494 e. The lowest BCUT2D eigenvalue weighted by molar-refractivity contribution is -0.192. The molecule has 11 nitrogen and oxygen atoms in total. The minimum atomic E-state index is -5.08. The first-order chi connectivity index (χ1) is 20.4. The Balaban J connectivity index is 0.000000860. The number of halogens is 3. The van der Waals surface area contributed by atoms with Gasteiger partial charge in [0.05, 0.1) is 25.9 Å². The maximum Gasteiger partial charge on any atom is 0.490 e. The average Bonchev–Trinajstić information content (AvgIpc) is 3.25. The van der Waals surface area contributed by atoms with Gasteiger partial charge in [-0.1, -0.05) is 20.8 Å². The molecule has 2 aromatic rings. The summed E-state index contributed by atoms with van der Waals surface area (Å²) in [6.07, 6.45) is -5.08. The molecule has 1 aromatic heterocycles. The molecular formula is C30H40F3N5O6. The highest BCUT2D eigenvalue weighted by atomic mass is 19.4. The number of aromatic nitrogens is 1. The number of nitrogens with one attached hydrogen (secondary N) is 2. The summed E-state index contributed by atoms with van der Waals surface area (Å²) >= 11 is 0. The smallest absolute Gasteiger partial charge is 0.490 e. The number of carbonyl (C=O) groups excluding carboxylic acids is 2. The molecule has 0 fully saturated rings. The van der Waals surface area contributed by atoms with E-state index in [2.05, 4.69) is 49.8 Å². The molecule has 44 heavy (non-hydrogen) atoms. The molecule has 2 heterocycles. The summed E-state index contributed by atoms with van der Waals surface area (Å²) in [4.78, 5) is 43.2. The van der Waals surface area contributed by atoms with Gasteiger partial charge in [-0.2, -0.15) is 13.2 Å². The molecule has 242 valence electrons. The van der Waals surface area contributed by atoms with Gasteiger partial charge in [0.1, 0.15) is 17.3 Å². The average molecular weight is 624 g/mol. The predicted octanol–water partition coefficient (Wildman–Crippen LogP) is 4.65. The highest BCUT2D eigenvalue weighted by molar-refractivity contribution is 6.06. The van der Waals surface area contributed by atoms with Crippen LogP contribution in [0, 0.1) is 5.41 Å². The highest BCUT2D eigenvalue weighted by Gasteiger charge is 2.38. The number of hydrogen-bond donors (Lipinski definition) is 3. The number of amides is 1. The Hall–Kier alpha value is -4.36. The van der Waals surface area contributed by atoms with E-state index >= 15 is 0 Å². The molecule has 0 saturated carbocycles. The van der Waals surface area contributed by atoms with Crippen LogP contribution in [-0.2, 0) is 16.8 Å². The van der Waals surface area contributed by atoms with Crippen molar-refractivity contribution in [2.24, 2.45) is 0 Å². The highest BCUT2D eigenvalue weighted by Crippen LogP contribution is 2.40. The number of ether oxygens (including phenoxy) is 2. The number of carboxylic acids is 1. The molecule has 0 radical (unpaired) electrons. The molecule has 0 aliphatic carbocycles. The number of amidine groups is 1. The number of fused-ring (bicyclic) bond motifs is 1. The van der Waals surface area contributed by atoms with Crippen LogP contribution in [-0.4, -0.2) is 85.1 Å². The number of methoxy groups -OCH3 is 1. The summed E-state index contributed by atoms with van der Waals surface area (Å²) in [6.45, 7) is 14.6. The van der Waals surface area contributed by atoms with Crippen molar-refractivity contribution < 1.29 is 42.1 Å². The summed E-state index contributed by atoms with van der Waals surface area (Å²) in [5, 5.41) is 18.4. The van der Waals surface area contributed by atoms with Crippen molar-refractivity contribution in [3.8, 4) is 11.5 Å². The van der Waals surface area contributed by atoms with E-state index in [4.69, 9.17) is 24.8 Å². The van der Waals surface area contributed by atoms with Gasteiger partial charge >= 0.3 is 12.1 Å². The van der Waals surface area contributed by atoms with Gasteiger partial charge in [-0.05, 0) is 44.4 Å². The Kier molecular flexibility index (Phi) is 11.7. The predicted molar refractivity (Wildman–Crippen MR) is 159 cm³/mol. The SMILES string of the molecule is CCOc1cc2c(nc1C(=O)NC)C(=N)N(CC(=O)c1cc(N(CC)CC)c(OC)c(C(C)(C)C)c1)C2.O=C(O)C(F)(F)F. The zero-order valence-electron chi connectivity index (χ0n) is 26.2. The molecule has 0 saturated heterocycles. The maximum absolute atomic E-state index is 13.6. The monoisotopic (exact) mass is 623 g/mol. The molecule has 0 spiro atoms. The van der Waals surface area contributed by atoms with Gasteiger partial charge in [-0.25, -0.2) is 9.78 Å². The van der Waals surface area contributed by atoms with Gasteiger partial charge in [0.25, 0.3) is 5.91 Å². The Labute approximate surface area is 254 Å². The first-order valence-corrected chi connectivity index (χ1v) is 14.0. The number of rotatable bonds is 10. The van der Waals surface area contributed by atoms with Crippen molar-refractivity contribution in [3.63, 3.8) is 0 Å². The number of hydrogen-bond acceptors (Lipinski definition) is 8. The molecule has 14 heteroatoms. The quantitative estimate of drug-likeness (QED) is 0.322. The van der Waals surface area contributed by atoms with Crippen LogP contribution < -0.4 is 19.7 Å². The molecule has 1 aromatic carbocycles. The number of aliphatic carboxylic acids is 1. The van der Waals surface area contributed by atoms with Gasteiger partial charge in [0.15, 0.2) is 17.2 Å². The van der Waals surface area contributed by atoms with Crippen LogP contribution in [0.15, 0.2) is 18.2 Å². The Morgan fingerprint density at radius 3 is 2.16 bits per heavy atom.